The summed E-state index contributed by atoms with van der Waals surface area (Å²) in [5, 5.41) is 5.07. The lowest BCUT2D eigenvalue weighted by Crippen LogP contribution is -2.38. The number of hydrogen-bond donors (Lipinski definition) is 0. The third kappa shape index (κ3) is 4.61. The van der Waals surface area contributed by atoms with Crippen molar-refractivity contribution in [2.75, 3.05) is 19.7 Å². The molecule has 1 fully saturated rings. The molecule has 1 saturated heterocycles. The van der Waals surface area contributed by atoms with Crippen molar-refractivity contribution in [1.29, 1.82) is 0 Å². The van der Waals surface area contributed by atoms with Gasteiger partial charge in [0, 0.05) is 49.2 Å². The smallest absolute Gasteiger partial charge is 0.112 e. The Balaban J connectivity index is 1.50. The van der Waals surface area contributed by atoms with Crippen molar-refractivity contribution >= 4 is 11.6 Å². The number of morpholine rings is 1. The van der Waals surface area contributed by atoms with Crippen LogP contribution in [-0.2, 0) is 24.8 Å². The van der Waals surface area contributed by atoms with Crippen molar-refractivity contribution in [2.45, 2.75) is 26.0 Å². The maximum atomic E-state index is 6.35. The molecule has 5 nitrogen and oxygen atoms in total. The minimum Gasteiger partial charge on any atom is -0.369 e. The Kier molecular flexibility index (Phi) is 5.76. The highest BCUT2D eigenvalue weighted by atomic mass is 35.5. The van der Waals surface area contributed by atoms with Gasteiger partial charge < -0.3 is 4.74 Å². The lowest BCUT2D eigenvalue weighted by Gasteiger charge is -2.32. The number of hydrogen-bond acceptors (Lipinski definition) is 4. The molecule has 2 aromatic heterocycles. The molecular weight excluding hydrogens is 372 g/mol. The van der Waals surface area contributed by atoms with Crippen LogP contribution in [0.5, 0.6) is 0 Å². The largest absolute Gasteiger partial charge is 0.369 e. The van der Waals surface area contributed by atoms with Crippen molar-refractivity contribution in [3.63, 3.8) is 0 Å². The van der Waals surface area contributed by atoms with Gasteiger partial charge in [-0.15, -0.1) is 0 Å². The zero-order valence-electron chi connectivity index (χ0n) is 16.3. The molecule has 0 bridgehead atoms. The molecule has 1 aromatic carbocycles. The van der Waals surface area contributed by atoms with E-state index in [1.807, 2.05) is 43.0 Å². The molecule has 146 valence electrons. The number of rotatable bonds is 5. The molecule has 28 heavy (non-hydrogen) atoms. The molecule has 0 N–H and O–H groups in total. The van der Waals surface area contributed by atoms with Crippen molar-refractivity contribution in [1.82, 2.24) is 19.7 Å². The number of pyridine rings is 1. The summed E-state index contributed by atoms with van der Waals surface area (Å²) in [6.07, 6.45) is 4.77. The molecule has 6 heteroatoms. The van der Waals surface area contributed by atoms with Crippen LogP contribution in [0.4, 0.5) is 0 Å². The average Bonchev–Trinajstić information content (AvgIpc) is 3.08. The molecule has 0 amide bonds. The van der Waals surface area contributed by atoms with Crippen molar-refractivity contribution in [3.8, 4) is 0 Å². The monoisotopic (exact) mass is 396 g/mol. The first kappa shape index (κ1) is 19.1. The van der Waals surface area contributed by atoms with E-state index in [1.165, 1.54) is 11.1 Å². The molecule has 1 aliphatic rings. The van der Waals surface area contributed by atoms with E-state index in [-0.39, 0.29) is 6.10 Å². The summed E-state index contributed by atoms with van der Waals surface area (Å²) in [6, 6.07) is 12.3. The average molecular weight is 397 g/mol. The van der Waals surface area contributed by atoms with E-state index in [9.17, 15) is 0 Å². The van der Waals surface area contributed by atoms with Crippen LogP contribution in [0.15, 0.2) is 48.8 Å². The molecular formula is C22H25ClN4O. The standard InChI is InChI=1S/C22H25ClN4O/c1-16-9-17(10-19-5-3-4-6-20(19)23)11-21(25-16)22-15-27(7-8-28-22)14-18-12-24-26(2)13-18/h3-6,9,11-13,22H,7-8,10,14-15H2,1-2H3/t22-/m1/s1. The predicted octanol–water partition coefficient (Wildman–Crippen LogP) is 3.94. The van der Waals surface area contributed by atoms with Crippen LogP contribution < -0.4 is 0 Å². The Morgan fingerprint density at radius 1 is 1.21 bits per heavy atom. The number of aryl methyl sites for hydroxylation is 2. The first-order valence-corrected chi connectivity index (χ1v) is 9.97. The Morgan fingerprint density at radius 3 is 2.86 bits per heavy atom. The van der Waals surface area contributed by atoms with E-state index in [4.69, 9.17) is 21.3 Å². The van der Waals surface area contributed by atoms with Crippen molar-refractivity contribution in [3.05, 3.63) is 81.9 Å². The van der Waals surface area contributed by atoms with E-state index in [1.54, 1.807) is 0 Å². The van der Waals surface area contributed by atoms with E-state index >= 15 is 0 Å². The van der Waals surface area contributed by atoms with Crippen LogP contribution in [0.25, 0.3) is 0 Å². The summed E-state index contributed by atoms with van der Waals surface area (Å²) >= 11 is 6.35. The summed E-state index contributed by atoms with van der Waals surface area (Å²) in [7, 11) is 1.95. The van der Waals surface area contributed by atoms with E-state index in [0.717, 1.165) is 48.0 Å². The highest BCUT2D eigenvalue weighted by Crippen LogP contribution is 2.25. The summed E-state index contributed by atoms with van der Waals surface area (Å²) in [4.78, 5) is 7.17. The van der Waals surface area contributed by atoms with Gasteiger partial charge in [-0.2, -0.15) is 5.10 Å². The van der Waals surface area contributed by atoms with E-state index in [0.29, 0.717) is 6.61 Å². The summed E-state index contributed by atoms with van der Waals surface area (Å²) in [6.45, 7) is 5.38. The maximum absolute atomic E-state index is 6.35. The second kappa shape index (κ2) is 8.43. The number of ether oxygens (including phenoxy) is 1. The first-order chi connectivity index (χ1) is 13.6. The Hall–Kier alpha value is -2.21. The summed E-state index contributed by atoms with van der Waals surface area (Å²) in [5.74, 6) is 0. The Labute approximate surface area is 170 Å². The van der Waals surface area contributed by atoms with Gasteiger partial charge in [0.2, 0.25) is 0 Å². The van der Waals surface area contributed by atoms with Crippen LogP contribution in [0, 0.1) is 6.92 Å². The molecule has 3 aromatic rings. The van der Waals surface area contributed by atoms with Crippen LogP contribution in [0.1, 0.15) is 34.2 Å². The molecule has 1 aliphatic heterocycles. The number of halogens is 1. The van der Waals surface area contributed by atoms with Gasteiger partial charge in [0.1, 0.15) is 6.10 Å². The second-order valence-electron chi connectivity index (χ2n) is 7.43. The molecule has 0 unspecified atom stereocenters. The fourth-order valence-electron chi connectivity index (χ4n) is 3.73. The number of aromatic nitrogens is 3. The van der Waals surface area contributed by atoms with Gasteiger partial charge in [0.05, 0.1) is 18.5 Å². The van der Waals surface area contributed by atoms with Gasteiger partial charge in [-0.05, 0) is 42.7 Å². The Bertz CT molecular complexity index is 955. The van der Waals surface area contributed by atoms with Crippen LogP contribution in [-0.4, -0.2) is 39.4 Å². The van der Waals surface area contributed by atoms with E-state index < -0.39 is 0 Å². The van der Waals surface area contributed by atoms with Gasteiger partial charge >= 0.3 is 0 Å². The SMILES string of the molecule is Cc1cc(Cc2ccccc2Cl)cc([C@H]2CN(Cc3cnn(C)c3)CCO2)n1. The predicted molar refractivity (Wildman–Crippen MR) is 110 cm³/mol. The highest BCUT2D eigenvalue weighted by molar-refractivity contribution is 6.31. The second-order valence-corrected chi connectivity index (χ2v) is 7.83. The van der Waals surface area contributed by atoms with Gasteiger partial charge in [-0.1, -0.05) is 29.8 Å². The lowest BCUT2D eigenvalue weighted by atomic mass is 10.0. The molecule has 0 radical (unpaired) electrons. The zero-order valence-corrected chi connectivity index (χ0v) is 17.1. The topological polar surface area (TPSA) is 43.2 Å². The minimum atomic E-state index is -0.0182. The quantitative estimate of drug-likeness (QED) is 0.655. The third-order valence-electron chi connectivity index (χ3n) is 5.03. The number of benzene rings is 1. The van der Waals surface area contributed by atoms with Crippen molar-refractivity contribution in [2.24, 2.45) is 7.05 Å². The number of nitrogens with zero attached hydrogens (tertiary/aromatic N) is 4. The van der Waals surface area contributed by atoms with Gasteiger partial charge in [-0.3, -0.25) is 14.6 Å². The van der Waals surface area contributed by atoms with Crippen molar-refractivity contribution < 1.29 is 4.74 Å². The minimum absolute atomic E-state index is 0.0182. The van der Waals surface area contributed by atoms with E-state index in [2.05, 4.69) is 34.4 Å². The first-order valence-electron chi connectivity index (χ1n) is 9.59. The molecule has 4 rings (SSSR count). The van der Waals surface area contributed by atoms with Crippen LogP contribution in [0.2, 0.25) is 5.02 Å². The molecule has 0 saturated carbocycles. The molecule has 0 spiro atoms. The molecule has 1 atom stereocenters. The molecule has 0 aliphatic carbocycles. The van der Waals surface area contributed by atoms with Crippen LogP contribution in [0.3, 0.4) is 0 Å². The van der Waals surface area contributed by atoms with Gasteiger partial charge in [-0.25, -0.2) is 0 Å². The fourth-order valence-corrected chi connectivity index (χ4v) is 3.94. The fraction of sp³-hybridized carbons (Fsp3) is 0.364. The summed E-state index contributed by atoms with van der Waals surface area (Å²) < 4.78 is 7.91. The zero-order chi connectivity index (χ0) is 19.5. The summed E-state index contributed by atoms with van der Waals surface area (Å²) in [5.41, 5.74) is 5.57. The highest BCUT2D eigenvalue weighted by Gasteiger charge is 2.24. The lowest BCUT2D eigenvalue weighted by molar-refractivity contribution is -0.0350. The normalized spacial score (nSPS) is 17.8. The molecule has 3 heterocycles. The maximum Gasteiger partial charge on any atom is 0.112 e. The van der Waals surface area contributed by atoms with Gasteiger partial charge in [0.25, 0.3) is 0 Å². The van der Waals surface area contributed by atoms with Gasteiger partial charge in [0.15, 0.2) is 0 Å². The Morgan fingerprint density at radius 2 is 2.07 bits per heavy atom. The van der Waals surface area contributed by atoms with Crippen LogP contribution >= 0.6 is 11.6 Å². The third-order valence-corrected chi connectivity index (χ3v) is 5.40.